The second-order valence-corrected chi connectivity index (χ2v) is 7.77. The van der Waals surface area contributed by atoms with Gasteiger partial charge in [-0.3, -0.25) is 0 Å². The zero-order valence-corrected chi connectivity index (χ0v) is 14.0. The van der Waals surface area contributed by atoms with Crippen LogP contribution in [0.4, 0.5) is 5.69 Å². The summed E-state index contributed by atoms with van der Waals surface area (Å²) < 4.78 is 6.03. The number of rotatable bonds is 2. The summed E-state index contributed by atoms with van der Waals surface area (Å²) in [6.45, 7) is 0.793. The average molecular weight is 353 g/mol. The van der Waals surface area contributed by atoms with Crippen molar-refractivity contribution in [3.63, 3.8) is 0 Å². The van der Waals surface area contributed by atoms with Crippen LogP contribution in [0.5, 0.6) is 0 Å². The van der Waals surface area contributed by atoms with Gasteiger partial charge in [0.1, 0.15) is 0 Å². The number of hydrogen-bond acceptors (Lipinski definition) is 3. The molecule has 0 saturated carbocycles. The predicted molar refractivity (Wildman–Crippen MR) is 88.7 cm³/mol. The van der Waals surface area contributed by atoms with E-state index in [1.165, 1.54) is 5.75 Å². The van der Waals surface area contributed by atoms with Gasteiger partial charge in [-0.1, -0.05) is 34.8 Å². The molecule has 2 aliphatic heterocycles. The Balaban J connectivity index is 1.74. The third-order valence-electron chi connectivity index (χ3n) is 3.92. The molecule has 0 bridgehead atoms. The largest absolute Gasteiger partial charge is 0.380 e. The zero-order chi connectivity index (χ0) is 14.2. The topological polar surface area (TPSA) is 21.3 Å². The van der Waals surface area contributed by atoms with E-state index >= 15 is 0 Å². The van der Waals surface area contributed by atoms with Crippen LogP contribution in [0.3, 0.4) is 0 Å². The molecule has 2 fully saturated rings. The lowest BCUT2D eigenvalue weighted by atomic mass is 9.90. The van der Waals surface area contributed by atoms with Crippen LogP contribution >= 0.6 is 46.6 Å². The Morgan fingerprint density at radius 1 is 1.25 bits per heavy atom. The van der Waals surface area contributed by atoms with Gasteiger partial charge in [-0.25, -0.2) is 0 Å². The van der Waals surface area contributed by atoms with Gasteiger partial charge in [0.15, 0.2) is 0 Å². The van der Waals surface area contributed by atoms with Gasteiger partial charge in [-0.2, -0.15) is 11.8 Å². The number of ether oxygens (including phenoxy) is 1. The molecule has 1 aromatic rings. The maximum absolute atomic E-state index is 6.24. The van der Waals surface area contributed by atoms with Crippen molar-refractivity contribution in [2.45, 2.75) is 30.9 Å². The SMILES string of the molecule is Clc1cc(Cl)c(NC2CCOC3(CCSC3)C2)c(Cl)c1. The predicted octanol–water partition coefficient (Wildman–Crippen LogP) is 5.11. The molecule has 0 amide bonds. The third kappa shape index (κ3) is 3.17. The molecule has 2 nitrogen and oxygen atoms in total. The number of nitrogens with one attached hydrogen (secondary N) is 1. The van der Waals surface area contributed by atoms with E-state index in [4.69, 9.17) is 39.5 Å². The van der Waals surface area contributed by atoms with Crippen LogP contribution in [0, 0.1) is 0 Å². The summed E-state index contributed by atoms with van der Waals surface area (Å²) in [5.74, 6) is 2.28. The lowest BCUT2D eigenvalue weighted by molar-refractivity contribution is -0.0628. The van der Waals surface area contributed by atoms with Gasteiger partial charge in [-0.05, 0) is 37.1 Å². The Morgan fingerprint density at radius 2 is 2.00 bits per heavy atom. The van der Waals surface area contributed by atoms with Crippen molar-refractivity contribution in [3.05, 3.63) is 27.2 Å². The molecule has 2 heterocycles. The van der Waals surface area contributed by atoms with Gasteiger partial charge in [0, 0.05) is 23.4 Å². The first kappa shape index (κ1) is 15.1. The van der Waals surface area contributed by atoms with Gasteiger partial charge in [0.25, 0.3) is 0 Å². The zero-order valence-electron chi connectivity index (χ0n) is 10.9. The Labute approximate surface area is 138 Å². The number of thioether (sulfide) groups is 1. The van der Waals surface area contributed by atoms with Gasteiger partial charge in [0.2, 0.25) is 0 Å². The van der Waals surface area contributed by atoms with Crippen molar-refractivity contribution in [3.8, 4) is 0 Å². The van der Waals surface area contributed by atoms with Crippen LogP contribution in [0.25, 0.3) is 0 Å². The minimum Gasteiger partial charge on any atom is -0.380 e. The van der Waals surface area contributed by atoms with E-state index in [1.54, 1.807) is 12.1 Å². The molecule has 20 heavy (non-hydrogen) atoms. The summed E-state index contributed by atoms with van der Waals surface area (Å²) in [5, 5.41) is 5.19. The van der Waals surface area contributed by atoms with Crippen molar-refractivity contribution in [2.24, 2.45) is 0 Å². The first-order valence-electron chi connectivity index (χ1n) is 6.71. The molecule has 110 valence electrons. The standard InChI is InChI=1S/C14H16Cl3NOS/c15-9-5-11(16)13(12(17)6-9)18-10-1-3-19-14(7-10)2-4-20-8-14/h5-6,10,18H,1-4,7-8H2. The number of halogens is 3. The lowest BCUT2D eigenvalue weighted by Crippen LogP contribution is -2.44. The molecule has 3 rings (SSSR count). The molecule has 2 unspecified atom stereocenters. The van der Waals surface area contributed by atoms with E-state index in [0.29, 0.717) is 21.1 Å². The van der Waals surface area contributed by atoms with Crippen molar-refractivity contribution < 1.29 is 4.74 Å². The maximum atomic E-state index is 6.24. The fourth-order valence-corrected chi connectivity index (χ4v) is 5.20. The normalized spacial score (nSPS) is 29.9. The van der Waals surface area contributed by atoms with Crippen molar-refractivity contribution in [2.75, 3.05) is 23.4 Å². The van der Waals surface area contributed by atoms with Crippen LogP contribution in [0.2, 0.25) is 15.1 Å². The summed E-state index contributed by atoms with van der Waals surface area (Å²) >= 11 is 20.4. The van der Waals surface area contributed by atoms with E-state index in [0.717, 1.165) is 37.3 Å². The summed E-state index contributed by atoms with van der Waals surface area (Å²) in [7, 11) is 0. The minimum atomic E-state index is 0.0476. The fourth-order valence-electron chi connectivity index (χ4n) is 2.90. The van der Waals surface area contributed by atoms with Crippen LogP contribution in [-0.2, 0) is 4.74 Å². The van der Waals surface area contributed by atoms with E-state index in [9.17, 15) is 0 Å². The third-order valence-corrected chi connectivity index (χ3v) is 5.95. The minimum absolute atomic E-state index is 0.0476. The number of benzene rings is 1. The van der Waals surface area contributed by atoms with E-state index in [2.05, 4.69) is 5.32 Å². The Hall–Kier alpha value is 0.200. The van der Waals surface area contributed by atoms with E-state index < -0.39 is 0 Å². The smallest absolute Gasteiger partial charge is 0.0799 e. The highest BCUT2D eigenvalue weighted by Gasteiger charge is 2.40. The lowest BCUT2D eigenvalue weighted by Gasteiger charge is -2.38. The highest BCUT2D eigenvalue weighted by atomic mass is 35.5. The van der Waals surface area contributed by atoms with Crippen LogP contribution in [-0.4, -0.2) is 29.8 Å². The second kappa shape index (κ2) is 6.13. The molecule has 0 radical (unpaired) electrons. The van der Waals surface area contributed by atoms with Crippen molar-refractivity contribution >= 4 is 52.3 Å². The summed E-state index contributed by atoms with van der Waals surface area (Å²) in [4.78, 5) is 0. The molecular weight excluding hydrogens is 337 g/mol. The summed E-state index contributed by atoms with van der Waals surface area (Å²) in [6.07, 6.45) is 3.12. The molecule has 2 atom stereocenters. The van der Waals surface area contributed by atoms with E-state index in [1.807, 2.05) is 11.8 Å². The van der Waals surface area contributed by atoms with Gasteiger partial charge >= 0.3 is 0 Å². The Morgan fingerprint density at radius 3 is 2.65 bits per heavy atom. The molecule has 0 aromatic heterocycles. The summed E-state index contributed by atoms with van der Waals surface area (Å²) in [6, 6.07) is 3.79. The van der Waals surface area contributed by atoms with Crippen LogP contribution in [0.1, 0.15) is 19.3 Å². The van der Waals surface area contributed by atoms with Gasteiger partial charge in [-0.15, -0.1) is 0 Å². The Kier molecular flexibility index (Phi) is 4.63. The maximum Gasteiger partial charge on any atom is 0.0799 e. The van der Waals surface area contributed by atoms with Crippen molar-refractivity contribution in [1.82, 2.24) is 0 Å². The molecule has 1 N–H and O–H groups in total. The summed E-state index contributed by atoms with van der Waals surface area (Å²) in [5.41, 5.74) is 0.830. The highest BCUT2D eigenvalue weighted by Crippen LogP contribution is 2.40. The first-order valence-corrected chi connectivity index (χ1v) is 9.00. The van der Waals surface area contributed by atoms with Crippen molar-refractivity contribution in [1.29, 1.82) is 0 Å². The molecule has 2 aliphatic rings. The van der Waals surface area contributed by atoms with Gasteiger partial charge < -0.3 is 10.1 Å². The van der Waals surface area contributed by atoms with E-state index in [-0.39, 0.29) is 5.60 Å². The molecule has 6 heteroatoms. The molecule has 2 saturated heterocycles. The molecule has 1 aromatic carbocycles. The first-order chi connectivity index (χ1) is 9.58. The number of hydrogen-bond donors (Lipinski definition) is 1. The quantitative estimate of drug-likeness (QED) is 0.799. The average Bonchev–Trinajstić information content (AvgIpc) is 2.82. The highest BCUT2D eigenvalue weighted by molar-refractivity contribution is 7.99. The monoisotopic (exact) mass is 351 g/mol. The molecule has 0 aliphatic carbocycles. The number of anilines is 1. The van der Waals surface area contributed by atoms with Crippen LogP contribution < -0.4 is 5.32 Å². The second-order valence-electron chi connectivity index (χ2n) is 5.41. The van der Waals surface area contributed by atoms with Gasteiger partial charge in [0.05, 0.1) is 21.3 Å². The molecule has 1 spiro atoms. The van der Waals surface area contributed by atoms with Crippen LogP contribution in [0.15, 0.2) is 12.1 Å². The Bertz CT molecular complexity index is 482. The molecular formula is C14H16Cl3NOS. The fraction of sp³-hybridized carbons (Fsp3) is 0.571.